The van der Waals surface area contributed by atoms with Crippen LogP contribution in [0.25, 0.3) is 0 Å². The summed E-state index contributed by atoms with van der Waals surface area (Å²) in [4.78, 5) is 12.1. The van der Waals surface area contributed by atoms with Crippen molar-refractivity contribution in [2.75, 3.05) is 34.9 Å². The summed E-state index contributed by atoms with van der Waals surface area (Å²) < 4.78 is 55.4. The number of halogens is 1. The lowest BCUT2D eigenvalue weighted by Crippen LogP contribution is -2.39. The third-order valence-corrected chi connectivity index (χ3v) is 6.29. The molecule has 0 bridgehead atoms. The molecule has 2 rings (SSSR count). The summed E-state index contributed by atoms with van der Waals surface area (Å²) in [6.07, 6.45) is 0. The maximum atomic E-state index is 13.6. The molecule has 0 aliphatic heterocycles. The zero-order valence-electron chi connectivity index (χ0n) is 17.4. The number of ether oxygens (including phenoxy) is 3. The highest BCUT2D eigenvalue weighted by Gasteiger charge is 2.27. The molecule has 0 radical (unpaired) electrons. The smallest absolute Gasteiger partial charge is 0.247 e. The van der Waals surface area contributed by atoms with E-state index >= 15 is 0 Å². The molecular formula is C20H25FN2O6S. The van der Waals surface area contributed by atoms with Crippen LogP contribution in [0.4, 0.5) is 4.39 Å². The molecule has 0 aliphatic rings. The topological polar surface area (TPSA) is 94.2 Å². The highest BCUT2D eigenvalue weighted by atomic mass is 32.2. The van der Waals surface area contributed by atoms with Gasteiger partial charge < -0.3 is 19.5 Å². The Morgan fingerprint density at radius 1 is 1.03 bits per heavy atom. The van der Waals surface area contributed by atoms with E-state index < -0.39 is 34.3 Å². The Bertz CT molecular complexity index is 1010. The molecule has 10 heteroatoms. The highest BCUT2D eigenvalue weighted by Crippen LogP contribution is 2.30. The van der Waals surface area contributed by atoms with Crippen LogP contribution in [-0.2, 0) is 14.8 Å². The standard InChI is InChI=1S/C20H25FN2O6S/c1-13(14-6-8-16(27-3)18(10-14)29-5)22-20(24)12-23(2)30(25,26)19-11-15(21)7-9-17(19)28-4/h6-11,13H,12H2,1-5H3,(H,22,24)/t13-/m1/s1. The number of likely N-dealkylation sites (N-methyl/N-ethyl adjacent to an activating group) is 1. The molecule has 0 aliphatic carbocycles. The Morgan fingerprint density at radius 2 is 1.63 bits per heavy atom. The van der Waals surface area contributed by atoms with Crippen LogP contribution < -0.4 is 19.5 Å². The molecule has 0 aromatic heterocycles. The molecule has 30 heavy (non-hydrogen) atoms. The summed E-state index contributed by atoms with van der Waals surface area (Å²) in [5, 5.41) is 2.73. The van der Waals surface area contributed by atoms with E-state index in [1.807, 2.05) is 0 Å². The van der Waals surface area contributed by atoms with E-state index in [9.17, 15) is 17.6 Å². The maximum Gasteiger partial charge on any atom is 0.247 e. The Hall–Kier alpha value is -2.85. The van der Waals surface area contributed by atoms with Crippen molar-refractivity contribution in [2.45, 2.75) is 17.9 Å². The van der Waals surface area contributed by atoms with Crippen LogP contribution in [0.5, 0.6) is 17.2 Å². The van der Waals surface area contributed by atoms with E-state index in [-0.39, 0.29) is 10.6 Å². The second kappa shape index (κ2) is 9.77. The fourth-order valence-corrected chi connectivity index (χ4v) is 4.09. The van der Waals surface area contributed by atoms with Crippen molar-refractivity contribution in [3.8, 4) is 17.2 Å². The molecule has 2 aromatic carbocycles. The van der Waals surface area contributed by atoms with Crippen molar-refractivity contribution in [3.63, 3.8) is 0 Å². The van der Waals surface area contributed by atoms with Crippen molar-refractivity contribution in [2.24, 2.45) is 0 Å². The van der Waals surface area contributed by atoms with Gasteiger partial charge in [-0.15, -0.1) is 0 Å². The van der Waals surface area contributed by atoms with Gasteiger partial charge in [-0.25, -0.2) is 12.8 Å². The summed E-state index contributed by atoms with van der Waals surface area (Å²) in [5.74, 6) is -0.209. The number of hydrogen-bond acceptors (Lipinski definition) is 6. The van der Waals surface area contributed by atoms with E-state index in [0.29, 0.717) is 11.5 Å². The van der Waals surface area contributed by atoms with Gasteiger partial charge in [0, 0.05) is 7.05 Å². The third-order valence-electron chi connectivity index (χ3n) is 4.47. The van der Waals surface area contributed by atoms with Gasteiger partial charge in [-0.05, 0) is 42.8 Å². The quantitative estimate of drug-likeness (QED) is 0.643. The minimum atomic E-state index is -4.15. The molecular weight excluding hydrogens is 415 g/mol. The fraction of sp³-hybridized carbons (Fsp3) is 0.350. The molecule has 1 atom stereocenters. The lowest BCUT2D eigenvalue weighted by Gasteiger charge is -2.21. The number of amides is 1. The molecule has 0 heterocycles. The van der Waals surface area contributed by atoms with E-state index in [4.69, 9.17) is 14.2 Å². The lowest BCUT2D eigenvalue weighted by molar-refractivity contribution is -0.121. The van der Waals surface area contributed by atoms with E-state index in [1.165, 1.54) is 34.4 Å². The average Bonchev–Trinajstić information content (AvgIpc) is 2.72. The Morgan fingerprint density at radius 3 is 2.23 bits per heavy atom. The Labute approximate surface area is 175 Å². The van der Waals surface area contributed by atoms with Crippen LogP contribution in [0.2, 0.25) is 0 Å². The maximum absolute atomic E-state index is 13.6. The first-order valence-corrected chi connectivity index (χ1v) is 10.4. The van der Waals surface area contributed by atoms with Crippen molar-refractivity contribution in [1.82, 2.24) is 9.62 Å². The molecule has 0 spiro atoms. The largest absolute Gasteiger partial charge is 0.495 e. The number of rotatable bonds is 9. The number of carbonyl (C=O) groups excluding carboxylic acids is 1. The predicted octanol–water partition coefficient (Wildman–Crippen LogP) is 2.35. The molecule has 1 N–H and O–H groups in total. The molecule has 0 saturated carbocycles. The number of carbonyl (C=O) groups is 1. The molecule has 164 valence electrons. The molecule has 0 fully saturated rings. The van der Waals surface area contributed by atoms with E-state index in [2.05, 4.69) is 5.32 Å². The molecule has 2 aromatic rings. The van der Waals surface area contributed by atoms with Gasteiger partial charge >= 0.3 is 0 Å². The number of methoxy groups -OCH3 is 3. The number of benzene rings is 2. The van der Waals surface area contributed by atoms with Crippen molar-refractivity contribution in [1.29, 1.82) is 0 Å². The van der Waals surface area contributed by atoms with Crippen LogP contribution in [0, 0.1) is 5.82 Å². The fourth-order valence-electron chi connectivity index (χ4n) is 2.80. The lowest BCUT2D eigenvalue weighted by atomic mass is 10.1. The summed E-state index contributed by atoms with van der Waals surface area (Å²) in [7, 11) is 1.40. The van der Waals surface area contributed by atoms with Gasteiger partial charge in [0.05, 0.1) is 33.9 Å². The second-order valence-corrected chi connectivity index (χ2v) is 8.47. The van der Waals surface area contributed by atoms with Crippen LogP contribution >= 0.6 is 0 Å². The highest BCUT2D eigenvalue weighted by molar-refractivity contribution is 7.89. The summed E-state index contributed by atoms with van der Waals surface area (Å²) in [6, 6.07) is 7.95. The zero-order valence-corrected chi connectivity index (χ0v) is 18.2. The van der Waals surface area contributed by atoms with Gasteiger partial charge in [-0.3, -0.25) is 4.79 Å². The van der Waals surface area contributed by atoms with Gasteiger partial charge in [0.2, 0.25) is 15.9 Å². The average molecular weight is 440 g/mol. The molecule has 1 amide bonds. The van der Waals surface area contributed by atoms with Gasteiger partial charge in [0.15, 0.2) is 11.5 Å². The summed E-state index contributed by atoms with van der Waals surface area (Å²) in [5.41, 5.74) is 0.748. The number of hydrogen-bond donors (Lipinski definition) is 1. The predicted molar refractivity (Wildman–Crippen MR) is 109 cm³/mol. The van der Waals surface area contributed by atoms with Gasteiger partial charge in [-0.1, -0.05) is 6.07 Å². The molecule has 8 nitrogen and oxygen atoms in total. The normalized spacial score (nSPS) is 12.4. The van der Waals surface area contributed by atoms with Crippen LogP contribution in [-0.4, -0.2) is 53.6 Å². The Kier molecular flexibility index (Phi) is 7.63. The second-order valence-electron chi connectivity index (χ2n) is 6.46. The first-order valence-electron chi connectivity index (χ1n) is 8.95. The zero-order chi connectivity index (χ0) is 22.5. The van der Waals surface area contributed by atoms with Crippen LogP contribution in [0.3, 0.4) is 0 Å². The monoisotopic (exact) mass is 440 g/mol. The summed E-state index contributed by atoms with van der Waals surface area (Å²) >= 11 is 0. The Balaban J connectivity index is 2.13. The first-order chi connectivity index (χ1) is 14.1. The number of sulfonamides is 1. The van der Waals surface area contributed by atoms with Crippen molar-refractivity contribution >= 4 is 15.9 Å². The molecule has 0 saturated heterocycles. The minimum absolute atomic E-state index is 0.0117. The van der Waals surface area contributed by atoms with E-state index in [1.54, 1.807) is 25.1 Å². The first kappa shape index (κ1) is 23.4. The van der Waals surface area contributed by atoms with Crippen LogP contribution in [0.1, 0.15) is 18.5 Å². The summed E-state index contributed by atoms with van der Waals surface area (Å²) in [6.45, 7) is 1.29. The van der Waals surface area contributed by atoms with Crippen molar-refractivity contribution < 1.29 is 31.8 Å². The third kappa shape index (κ3) is 5.19. The van der Waals surface area contributed by atoms with Gasteiger partial charge in [-0.2, -0.15) is 4.31 Å². The van der Waals surface area contributed by atoms with E-state index in [0.717, 1.165) is 22.0 Å². The van der Waals surface area contributed by atoms with Gasteiger partial charge in [0.1, 0.15) is 16.5 Å². The SMILES string of the molecule is COc1ccc([C@@H](C)NC(=O)CN(C)S(=O)(=O)c2cc(F)ccc2OC)cc1OC. The number of nitrogens with zero attached hydrogens (tertiary/aromatic N) is 1. The van der Waals surface area contributed by atoms with Crippen molar-refractivity contribution in [3.05, 3.63) is 47.8 Å². The van der Waals surface area contributed by atoms with Gasteiger partial charge in [0.25, 0.3) is 0 Å². The van der Waals surface area contributed by atoms with Crippen LogP contribution in [0.15, 0.2) is 41.3 Å². The minimum Gasteiger partial charge on any atom is -0.495 e. The number of nitrogens with one attached hydrogen (secondary N) is 1. The molecule has 0 unspecified atom stereocenters.